The summed E-state index contributed by atoms with van der Waals surface area (Å²) in [6.45, 7) is 1.82. The first kappa shape index (κ1) is 22.6. The lowest BCUT2D eigenvalue weighted by Crippen LogP contribution is -1.99. The number of unbranched alkanes of at least 4 members (excludes halogenated alkanes) is 4. The van der Waals surface area contributed by atoms with Gasteiger partial charge in [0.2, 0.25) is 0 Å². The van der Waals surface area contributed by atoms with Gasteiger partial charge in [-0.3, -0.25) is 0 Å². The minimum atomic E-state index is 0.442. The molecule has 0 aliphatic heterocycles. The molecule has 0 unspecified atom stereocenters. The molecule has 0 spiro atoms. The molecule has 4 aromatic heterocycles. The van der Waals surface area contributed by atoms with Crippen LogP contribution in [0, 0.1) is 0 Å². The molecule has 0 atom stereocenters. The predicted molar refractivity (Wildman–Crippen MR) is 132 cm³/mol. The Hall–Kier alpha value is -2.60. The number of aromatic nitrogens is 8. The molecule has 0 aromatic carbocycles. The molecule has 0 bridgehead atoms. The summed E-state index contributed by atoms with van der Waals surface area (Å²) in [5, 5.41) is 0. The molecule has 170 valence electrons. The highest BCUT2D eigenvalue weighted by molar-refractivity contribution is 8.76. The van der Waals surface area contributed by atoms with Crippen LogP contribution in [0.5, 0.6) is 0 Å². The second-order valence-electron chi connectivity index (χ2n) is 7.50. The highest BCUT2D eigenvalue weighted by Gasteiger charge is 2.08. The minimum absolute atomic E-state index is 0.442. The Balaban J connectivity index is 1.01. The van der Waals surface area contributed by atoms with E-state index in [1.54, 1.807) is 12.7 Å². The monoisotopic (exact) mass is 472 g/mol. The molecule has 0 fully saturated rings. The number of nitrogen functional groups attached to an aromatic ring is 2. The van der Waals surface area contributed by atoms with Crippen molar-refractivity contribution in [2.24, 2.45) is 0 Å². The Labute approximate surface area is 194 Å². The van der Waals surface area contributed by atoms with E-state index >= 15 is 0 Å². The van der Waals surface area contributed by atoms with E-state index in [2.05, 4.69) is 39.0 Å². The Morgan fingerprint density at radius 3 is 1.53 bits per heavy atom. The molecule has 4 aromatic rings. The van der Waals surface area contributed by atoms with Crippen molar-refractivity contribution in [3.63, 3.8) is 0 Å². The van der Waals surface area contributed by atoms with Gasteiger partial charge >= 0.3 is 0 Å². The van der Waals surface area contributed by atoms with Crippen molar-refractivity contribution in [1.82, 2.24) is 39.0 Å². The van der Waals surface area contributed by atoms with Crippen molar-refractivity contribution >= 4 is 55.6 Å². The lowest BCUT2D eigenvalue weighted by atomic mass is 10.2. The predicted octanol–water partition coefficient (Wildman–Crippen LogP) is 3.55. The maximum Gasteiger partial charge on any atom is 0.165 e. The number of fused-ring (bicyclic) bond motifs is 2. The number of imidazole rings is 2. The van der Waals surface area contributed by atoms with Gasteiger partial charge < -0.3 is 20.6 Å². The van der Waals surface area contributed by atoms with Crippen LogP contribution in [-0.4, -0.2) is 50.5 Å². The van der Waals surface area contributed by atoms with Gasteiger partial charge in [0.1, 0.15) is 23.7 Å². The molecule has 0 radical (unpaired) electrons. The maximum absolute atomic E-state index is 5.83. The molecule has 0 amide bonds. The van der Waals surface area contributed by atoms with Crippen molar-refractivity contribution in [3.05, 3.63) is 25.3 Å². The third-order valence-electron chi connectivity index (χ3n) is 5.20. The van der Waals surface area contributed by atoms with E-state index in [4.69, 9.17) is 11.5 Å². The summed E-state index contributed by atoms with van der Waals surface area (Å²) in [7, 11) is 3.96. The molecule has 4 heterocycles. The van der Waals surface area contributed by atoms with Crippen molar-refractivity contribution < 1.29 is 0 Å². The van der Waals surface area contributed by atoms with E-state index in [0.717, 1.165) is 37.2 Å². The quantitative estimate of drug-likeness (QED) is 0.219. The van der Waals surface area contributed by atoms with Crippen LogP contribution in [-0.2, 0) is 13.1 Å². The van der Waals surface area contributed by atoms with Crippen LogP contribution in [0.2, 0.25) is 0 Å². The highest BCUT2D eigenvalue weighted by Crippen LogP contribution is 2.25. The SMILES string of the molecule is Nc1ncnc2c1ncn2CCCCCSSCCCCCn1cnc2c(N)ncnc21. The van der Waals surface area contributed by atoms with Crippen LogP contribution in [0.3, 0.4) is 0 Å². The third-order valence-corrected chi connectivity index (χ3v) is 7.77. The second kappa shape index (κ2) is 11.3. The smallest absolute Gasteiger partial charge is 0.165 e. The number of rotatable bonds is 13. The third kappa shape index (κ3) is 5.60. The average Bonchev–Trinajstić information content (AvgIpc) is 3.40. The van der Waals surface area contributed by atoms with Crippen molar-refractivity contribution in [3.8, 4) is 0 Å². The van der Waals surface area contributed by atoms with Crippen LogP contribution in [0.15, 0.2) is 25.3 Å². The Kier molecular flexibility index (Phi) is 7.99. The van der Waals surface area contributed by atoms with E-state index in [9.17, 15) is 0 Å². The van der Waals surface area contributed by atoms with Gasteiger partial charge in [-0.05, 0) is 25.7 Å². The molecule has 0 aliphatic rings. The summed E-state index contributed by atoms with van der Waals surface area (Å²) in [5.41, 5.74) is 14.7. The van der Waals surface area contributed by atoms with Gasteiger partial charge in [0.25, 0.3) is 0 Å². The summed E-state index contributed by atoms with van der Waals surface area (Å²) in [4.78, 5) is 25.2. The molecule has 4 rings (SSSR count). The zero-order valence-electron chi connectivity index (χ0n) is 17.9. The van der Waals surface area contributed by atoms with Crippen LogP contribution in [0.4, 0.5) is 11.6 Å². The normalized spacial score (nSPS) is 11.6. The molecule has 0 saturated heterocycles. The summed E-state index contributed by atoms with van der Waals surface area (Å²) < 4.78 is 4.12. The molecule has 32 heavy (non-hydrogen) atoms. The lowest BCUT2D eigenvalue weighted by Gasteiger charge is -2.05. The van der Waals surface area contributed by atoms with Crippen LogP contribution in [0.1, 0.15) is 38.5 Å². The van der Waals surface area contributed by atoms with Crippen LogP contribution >= 0.6 is 21.6 Å². The zero-order chi connectivity index (χ0) is 22.2. The first-order valence-corrected chi connectivity index (χ1v) is 13.3. The van der Waals surface area contributed by atoms with E-state index in [1.165, 1.54) is 49.8 Å². The average molecular weight is 473 g/mol. The van der Waals surface area contributed by atoms with E-state index in [-0.39, 0.29) is 0 Å². The molecular weight excluding hydrogens is 444 g/mol. The maximum atomic E-state index is 5.83. The number of aryl methyl sites for hydroxylation is 2. The number of nitrogens with two attached hydrogens (primary N) is 2. The fourth-order valence-electron chi connectivity index (χ4n) is 3.48. The fourth-order valence-corrected chi connectivity index (χ4v) is 5.78. The number of hydrogen-bond acceptors (Lipinski definition) is 10. The fraction of sp³-hybridized carbons (Fsp3) is 0.500. The van der Waals surface area contributed by atoms with Gasteiger partial charge in [-0.2, -0.15) is 0 Å². The molecule has 0 aliphatic carbocycles. The molecule has 10 nitrogen and oxygen atoms in total. The summed E-state index contributed by atoms with van der Waals surface area (Å²) in [5.74, 6) is 3.26. The lowest BCUT2D eigenvalue weighted by molar-refractivity contribution is 0.612. The minimum Gasteiger partial charge on any atom is -0.382 e. The van der Waals surface area contributed by atoms with Crippen LogP contribution in [0.25, 0.3) is 22.3 Å². The van der Waals surface area contributed by atoms with Crippen LogP contribution < -0.4 is 11.5 Å². The van der Waals surface area contributed by atoms with Gasteiger partial charge in [-0.25, -0.2) is 29.9 Å². The van der Waals surface area contributed by atoms with E-state index < -0.39 is 0 Å². The molecule has 12 heteroatoms. The van der Waals surface area contributed by atoms with E-state index in [0.29, 0.717) is 22.7 Å². The number of anilines is 2. The summed E-state index contributed by atoms with van der Waals surface area (Å²) in [6, 6.07) is 0. The number of nitrogens with zero attached hydrogens (tertiary/aromatic N) is 8. The first-order valence-electron chi connectivity index (χ1n) is 10.8. The van der Waals surface area contributed by atoms with Gasteiger partial charge in [0.15, 0.2) is 22.9 Å². The van der Waals surface area contributed by atoms with Gasteiger partial charge in [0.05, 0.1) is 12.7 Å². The molecule has 0 saturated carbocycles. The highest BCUT2D eigenvalue weighted by atomic mass is 33.1. The largest absolute Gasteiger partial charge is 0.382 e. The molecule has 4 N–H and O–H groups in total. The molecular formula is C20H28N10S2. The Morgan fingerprint density at radius 2 is 1.06 bits per heavy atom. The van der Waals surface area contributed by atoms with E-state index in [1.807, 2.05) is 21.6 Å². The van der Waals surface area contributed by atoms with Crippen molar-refractivity contribution in [2.45, 2.75) is 51.6 Å². The Bertz CT molecular complexity index is 1050. The first-order chi connectivity index (χ1) is 15.7. The van der Waals surface area contributed by atoms with Gasteiger partial charge in [0, 0.05) is 24.6 Å². The van der Waals surface area contributed by atoms with Gasteiger partial charge in [-0.15, -0.1) is 0 Å². The summed E-state index contributed by atoms with van der Waals surface area (Å²) in [6.07, 6.45) is 13.7. The second-order valence-corrected chi connectivity index (χ2v) is 10.2. The van der Waals surface area contributed by atoms with Crippen molar-refractivity contribution in [2.75, 3.05) is 23.0 Å². The number of hydrogen-bond donors (Lipinski definition) is 2. The zero-order valence-corrected chi connectivity index (χ0v) is 19.6. The standard InChI is InChI=1S/C20H28N10S2/c21-17-15-19(25-11-23-17)29(13-27-15)7-3-1-5-9-31-32-10-6-2-4-8-30-14-28-16-18(22)24-12-26-20(16)30/h11-14H,1-10H2,(H2,21,23,25)(H2,22,24,26). The van der Waals surface area contributed by atoms with Gasteiger partial charge in [-0.1, -0.05) is 34.4 Å². The summed E-state index contributed by atoms with van der Waals surface area (Å²) >= 11 is 0. The van der Waals surface area contributed by atoms with Crippen molar-refractivity contribution in [1.29, 1.82) is 0 Å². The topological polar surface area (TPSA) is 139 Å². The Morgan fingerprint density at radius 1 is 0.594 bits per heavy atom.